The van der Waals surface area contributed by atoms with Crippen molar-refractivity contribution in [3.05, 3.63) is 84.2 Å². The number of thioether (sulfide) groups is 1. The number of rotatable bonds is 4. The summed E-state index contributed by atoms with van der Waals surface area (Å²) in [6.07, 6.45) is 3.48. The van der Waals surface area contributed by atoms with Crippen molar-refractivity contribution in [2.24, 2.45) is 0 Å². The average Bonchev–Trinajstić information content (AvgIpc) is 3.06. The van der Waals surface area contributed by atoms with Gasteiger partial charge in [0, 0.05) is 23.7 Å². The average molecular weight is 353 g/mol. The summed E-state index contributed by atoms with van der Waals surface area (Å²) in [7, 11) is 0. The molecule has 4 aromatic rings. The van der Waals surface area contributed by atoms with Gasteiger partial charge in [-0.1, -0.05) is 23.9 Å². The van der Waals surface area contributed by atoms with Crippen LogP contribution in [0.5, 0.6) is 0 Å². The number of benzene rings is 2. The van der Waals surface area contributed by atoms with Crippen LogP contribution >= 0.6 is 11.8 Å². The number of aromatic nitrogens is 3. The van der Waals surface area contributed by atoms with E-state index in [4.69, 9.17) is 0 Å². The molecule has 124 valence electrons. The third kappa shape index (κ3) is 3.39. The number of nitrogens with zero attached hydrogens (tertiary/aromatic N) is 3. The Morgan fingerprint density at radius 2 is 1.60 bits per heavy atom. The lowest BCUT2D eigenvalue weighted by atomic mass is 10.1. The minimum absolute atomic E-state index is 0.242. The lowest BCUT2D eigenvalue weighted by Gasteiger charge is -2.03. The Morgan fingerprint density at radius 1 is 0.920 bits per heavy atom. The zero-order valence-electron chi connectivity index (χ0n) is 13.1. The van der Waals surface area contributed by atoms with Crippen LogP contribution in [0.4, 0.5) is 8.78 Å². The summed E-state index contributed by atoms with van der Waals surface area (Å²) in [5.74, 6) is 0.169. The van der Waals surface area contributed by atoms with Crippen molar-refractivity contribution >= 4 is 17.3 Å². The van der Waals surface area contributed by atoms with Gasteiger partial charge in [0.2, 0.25) is 0 Å². The van der Waals surface area contributed by atoms with Crippen LogP contribution in [-0.4, -0.2) is 14.6 Å². The maximum Gasteiger partial charge on any atom is 0.123 e. The lowest BCUT2D eigenvalue weighted by molar-refractivity contribution is 0.627. The molecule has 0 saturated heterocycles. The van der Waals surface area contributed by atoms with Gasteiger partial charge in [-0.25, -0.2) is 18.3 Å². The van der Waals surface area contributed by atoms with E-state index in [9.17, 15) is 8.78 Å². The van der Waals surface area contributed by atoms with Crippen LogP contribution in [-0.2, 0) is 5.75 Å². The van der Waals surface area contributed by atoms with Crippen molar-refractivity contribution in [3.8, 4) is 11.3 Å². The third-order valence-electron chi connectivity index (χ3n) is 3.78. The second kappa shape index (κ2) is 6.64. The highest BCUT2D eigenvalue weighted by molar-refractivity contribution is 7.98. The minimum Gasteiger partial charge on any atom is -0.246 e. The first-order valence-electron chi connectivity index (χ1n) is 7.66. The molecular formula is C19H13F2N3S. The van der Waals surface area contributed by atoms with E-state index in [1.807, 2.05) is 6.07 Å². The van der Waals surface area contributed by atoms with Gasteiger partial charge in [0.05, 0.1) is 11.2 Å². The Labute approximate surface area is 147 Å². The molecule has 25 heavy (non-hydrogen) atoms. The van der Waals surface area contributed by atoms with Gasteiger partial charge < -0.3 is 0 Å². The predicted molar refractivity (Wildman–Crippen MR) is 94.3 cm³/mol. The van der Waals surface area contributed by atoms with Gasteiger partial charge in [-0.2, -0.15) is 5.10 Å². The number of hydrogen-bond donors (Lipinski definition) is 0. The second-order valence-electron chi connectivity index (χ2n) is 5.51. The fraction of sp³-hybridized carbons (Fsp3) is 0.0526. The molecule has 0 N–H and O–H groups in total. The molecule has 0 radical (unpaired) electrons. The molecule has 0 amide bonds. The third-order valence-corrected chi connectivity index (χ3v) is 4.85. The van der Waals surface area contributed by atoms with E-state index in [0.717, 1.165) is 27.4 Å². The van der Waals surface area contributed by atoms with Crippen molar-refractivity contribution in [3.63, 3.8) is 0 Å². The second-order valence-corrected chi connectivity index (χ2v) is 6.48. The molecule has 0 unspecified atom stereocenters. The van der Waals surface area contributed by atoms with E-state index >= 15 is 0 Å². The molecule has 0 aliphatic heterocycles. The first kappa shape index (κ1) is 15.8. The van der Waals surface area contributed by atoms with Crippen LogP contribution < -0.4 is 0 Å². The quantitative estimate of drug-likeness (QED) is 0.486. The van der Waals surface area contributed by atoms with E-state index < -0.39 is 0 Å². The van der Waals surface area contributed by atoms with Crippen LogP contribution in [0.3, 0.4) is 0 Å². The smallest absolute Gasteiger partial charge is 0.123 e. The van der Waals surface area contributed by atoms with Crippen LogP contribution in [0.25, 0.3) is 16.8 Å². The highest BCUT2D eigenvalue weighted by Gasteiger charge is 2.10. The lowest BCUT2D eigenvalue weighted by Crippen LogP contribution is -1.91. The fourth-order valence-electron chi connectivity index (χ4n) is 2.50. The maximum atomic E-state index is 13.1. The molecule has 2 aromatic heterocycles. The van der Waals surface area contributed by atoms with Gasteiger partial charge in [0.1, 0.15) is 16.7 Å². The monoisotopic (exact) mass is 353 g/mol. The Bertz CT molecular complexity index is 1010. The highest BCUT2D eigenvalue weighted by Crippen LogP contribution is 2.28. The number of fused-ring (bicyclic) bond motifs is 1. The molecule has 0 atom stereocenters. The molecule has 6 heteroatoms. The van der Waals surface area contributed by atoms with Crippen molar-refractivity contribution in [1.29, 1.82) is 0 Å². The van der Waals surface area contributed by atoms with Crippen molar-refractivity contribution in [2.75, 3.05) is 0 Å². The molecule has 0 aliphatic carbocycles. The largest absolute Gasteiger partial charge is 0.246 e. The van der Waals surface area contributed by atoms with Crippen molar-refractivity contribution < 1.29 is 8.78 Å². The van der Waals surface area contributed by atoms with Crippen molar-refractivity contribution in [1.82, 2.24) is 14.6 Å². The summed E-state index contributed by atoms with van der Waals surface area (Å²) < 4.78 is 27.9. The maximum absolute atomic E-state index is 13.1. The molecule has 2 heterocycles. The van der Waals surface area contributed by atoms with Gasteiger partial charge in [-0.3, -0.25) is 0 Å². The molecule has 0 bridgehead atoms. The van der Waals surface area contributed by atoms with Gasteiger partial charge in [0.25, 0.3) is 0 Å². The topological polar surface area (TPSA) is 30.2 Å². The van der Waals surface area contributed by atoms with E-state index in [1.54, 1.807) is 52.9 Å². The predicted octanol–water partition coefficient (Wildman–Crippen LogP) is 4.97. The van der Waals surface area contributed by atoms with Gasteiger partial charge in [-0.15, -0.1) is 0 Å². The van der Waals surface area contributed by atoms with E-state index in [2.05, 4.69) is 10.1 Å². The van der Waals surface area contributed by atoms with E-state index in [-0.39, 0.29) is 11.6 Å². The summed E-state index contributed by atoms with van der Waals surface area (Å²) in [5, 5.41) is 5.37. The Kier molecular flexibility index (Phi) is 4.19. The number of hydrogen-bond acceptors (Lipinski definition) is 3. The van der Waals surface area contributed by atoms with Gasteiger partial charge in [0.15, 0.2) is 0 Å². The van der Waals surface area contributed by atoms with E-state index in [1.165, 1.54) is 24.3 Å². The Morgan fingerprint density at radius 3 is 2.32 bits per heavy atom. The zero-order valence-corrected chi connectivity index (χ0v) is 13.9. The molecule has 0 saturated carbocycles. The van der Waals surface area contributed by atoms with Crippen molar-refractivity contribution in [2.45, 2.75) is 10.8 Å². The summed E-state index contributed by atoms with van der Waals surface area (Å²) in [5.41, 5.74) is 3.51. The van der Waals surface area contributed by atoms with Crippen LogP contribution in [0.2, 0.25) is 0 Å². The molecule has 4 rings (SSSR count). The fourth-order valence-corrected chi connectivity index (χ4v) is 3.43. The van der Waals surface area contributed by atoms with E-state index in [0.29, 0.717) is 5.75 Å². The highest BCUT2D eigenvalue weighted by atomic mass is 32.2. The molecule has 2 aromatic carbocycles. The van der Waals surface area contributed by atoms with Crippen LogP contribution in [0.1, 0.15) is 5.56 Å². The normalized spacial score (nSPS) is 11.1. The summed E-state index contributed by atoms with van der Waals surface area (Å²) >= 11 is 1.57. The summed E-state index contributed by atoms with van der Waals surface area (Å²) in [6, 6.07) is 14.6. The minimum atomic E-state index is -0.273. The molecule has 3 nitrogen and oxygen atoms in total. The SMILES string of the molecule is Fc1ccc(CSc2nccn3nc(-c4ccc(F)cc4)cc23)cc1. The first-order valence-corrected chi connectivity index (χ1v) is 8.65. The van der Waals surface area contributed by atoms with Gasteiger partial charge in [-0.05, 0) is 48.0 Å². The number of halogens is 2. The standard InChI is InChI=1S/C19H13F2N3S/c20-15-5-1-13(2-6-15)12-25-19-18-11-17(23-24(18)10-9-22-19)14-3-7-16(21)8-4-14/h1-11H,12H2. The van der Waals surface area contributed by atoms with Crippen LogP contribution in [0, 0.1) is 11.6 Å². The molecule has 0 spiro atoms. The van der Waals surface area contributed by atoms with Gasteiger partial charge >= 0.3 is 0 Å². The summed E-state index contributed by atoms with van der Waals surface area (Å²) in [4.78, 5) is 4.43. The Hall–Kier alpha value is -2.73. The molecule has 0 aliphatic rings. The first-order chi connectivity index (χ1) is 12.2. The molecular weight excluding hydrogens is 340 g/mol. The van der Waals surface area contributed by atoms with Crippen LogP contribution in [0.15, 0.2) is 72.0 Å². The Balaban J connectivity index is 1.63. The summed E-state index contributed by atoms with van der Waals surface area (Å²) in [6.45, 7) is 0. The molecule has 0 fully saturated rings. The zero-order chi connectivity index (χ0) is 17.2.